The summed E-state index contributed by atoms with van der Waals surface area (Å²) in [6.45, 7) is 10.7. The Morgan fingerprint density at radius 1 is 1.29 bits per heavy atom. The summed E-state index contributed by atoms with van der Waals surface area (Å²) in [5.41, 5.74) is 0.438. The molecule has 0 aromatic heterocycles. The van der Waals surface area contributed by atoms with Crippen LogP contribution in [0.3, 0.4) is 0 Å². The monoisotopic (exact) mass is 474 g/mol. The van der Waals surface area contributed by atoms with E-state index in [1.165, 1.54) is 6.92 Å². The topological polar surface area (TPSA) is 91.4 Å². The summed E-state index contributed by atoms with van der Waals surface area (Å²) in [5, 5.41) is 0. The quantitative estimate of drug-likeness (QED) is 0.235. The van der Waals surface area contributed by atoms with Gasteiger partial charge in [0.05, 0.1) is 12.0 Å². The maximum absolute atomic E-state index is 12.7. The third kappa shape index (κ3) is 4.10. The van der Waals surface area contributed by atoms with Crippen LogP contribution < -0.4 is 0 Å². The molecule has 6 atom stereocenters. The molecule has 188 valence electrons. The Balaban J connectivity index is 1.71. The molecule has 0 bridgehead atoms. The number of fused-ring (bicyclic) bond motifs is 2. The molecule has 2 saturated carbocycles. The van der Waals surface area contributed by atoms with E-state index in [1.54, 1.807) is 19.1 Å². The van der Waals surface area contributed by atoms with Crippen LogP contribution in [0.15, 0.2) is 23.3 Å². The summed E-state index contributed by atoms with van der Waals surface area (Å²) in [6, 6.07) is 0. The summed E-state index contributed by atoms with van der Waals surface area (Å²) in [7, 11) is 0. The first kappa shape index (κ1) is 25.0. The molecule has 3 fully saturated rings. The number of esters is 3. The highest BCUT2D eigenvalue weighted by Crippen LogP contribution is 2.69. The highest BCUT2D eigenvalue weighted by molar-refractivity contribution is 5.87. The van der Waals surface area contributed by atoms with Gasteiger partial charge in [0.1, 0.15) is 24.9 Å². The van der Waals surface area contributed by atoms with Crippen LogP contribution in [0.25, 0.3) is 0 Å². The van der Waals surface area contributed by atoms with E-state index in [-0.39, 0.29) is 47.9 Å². The van der Waals surface area contributed by atoms with Crippen LogP contribution in [-0.4, -0.2) is 49.4 Å². The Morgan fingerprint density at radius 3 is 2.62 bits per heavy atom. The lowest BCUT2D eigenvalue weighted by Gasteiger charge is -2.63. The summed E-state index contributed by atoms with van der Waals surface area (Å²) in [5.74, 6) is -0.513. The van der Waals surface area contributed by atoms with Crippen molar-refractivity contribution in [2.75, 3.05) is 19.8 Å². The molecule has 0 amide bonds. The normalized spacial score (nSPS) is 39.2. The molecule has 7 nitrogen and oxygen atoms in total. The SMILES string of the molecule is C/C=C(\C)C(=O)OC[C@@]12[C@@H](OC(C)=O)C[C@@H](C)[C@](C)(CCC3=CC(=O)OC3)[C@H]1CCCC21CO1. The molecule has 0 aromatic rings. The first-order valence-electron chi connectivity index (χ1n) is 12.6. The van der Waals surface area contributed by atoms with Crippen LogP contribution in [0.4, 0.5) is 0 Å². The Bertz CT molecular complexity index is 914. The molecule has 4 rings (SSSR count). The predicted octanol–water partition coefficient (Wildman–Crippen LogP) is 4.29. The number of cyclic esters (lactones) is 1. The first-order chi connectivity index (χ1) is 16.1. The van der Waals surface area contributed by atoms with Crippen LogP contribution in [-0.2, 0) is 33.3 Å². The van der Waals surface area contributed by atoms with E-state index in [0.29, 0.717) is 25.2 Å². The Labute approximate surface area is 202 Å². The van der Waals surface area contributed by atoms with Crippen LogP contribution in [0.1, 0.15) is 73.1 Å². The minimum Gasteiger partial charge on any atom is -0.462 e. The van der Waals surface area contributed by atoms with E-state index < -0.39 is 11.0 Å². The van der Waals surface area contributed by atoms with Crippen molar-refractivity contribution in [2.45, 2.75) is 84.8 Å². The van der Waals surface area contributed by atoms with E-state index in [2.05, 4.69) is 13.8 Å². The van der Waals surface area contributed by atoms with Crippen molar-refractivity contribution in [3.63, 3.8) is 0 Å². The molecule has 1 unspecified atom stereocenters. The maximum Gasteiger partial charge on any atom is 0.333 e. The molecule has 1 spiro atoms. The summed E-state index contributed by atoms with van der Waals surface area (Å²) < 4.78 is 23.3. The third-order valence-corrected chi connectivity index (χ3v) is 9.31. The first-order valence-corrected chi connectivity index (χ1v) is 12.6. The van der Waals surface area contributed by atoms with Gasteiger partial charge in [-0.2, -0.15) is 0 Å². The van der Waals surface area contributed by atoms with Gasteiger partial charge in [0, 0.05) is 18.6 Å². The zero-order valence-corrected chi connectivity index (χ0v) is 21.1. The molecule has 7 heteroatoms. The zero-order chi connectivity index (χ0) is 24.7. The van der Waals surface area contributed by atoms with E-state index in [1.807, 2.05) is 6.92 Å². The average Bonchev–Trinajstić information content (AvgIpc) is 3.45. The van der Waals surface area contributed by atoms with Gasteiger partial charge < -0.3 is 18.9 Å². The van der Waals surface area contributed by atoms with Gasteiger partial charge >= 0.3 is 17.9 Å². The summed E-state index contributed by atoms with van der Waals surface area (Å²) in [6.07, 6.45) is 8.18. The minimum absolute atomic E-state index is 0.107. The van der Waals surface area contributed by atoms with E-state index in [0.717, 1.165) is 37.7 Å². The lowest BCUT2D eigenvalue weighted by Crippen LogP contribution is -2.67. The van der Waals surface area contributed by atoms with Crippen LogP contribution >= 0.6 is 0 Å². The third-order valence-electron chi connectivity index (χ3n) is 9.31. The van der Waals surface area contributed by atoms with Crippen molar-refractivity contribution in [2.24, 2.45) is 22.7 Å². The predicted molar refractivity (Wildman–Crippen MR) is 125 cm³/mol. The summed E-state index contributed by atoms with van der Waals surface area (Å²) in [4.78, 5) is 36.5. The number of hydrogen-bond acceptors (Lipinski definition) is 7. The fraction of sp³-hybridized carbons (Fsp3) is 0.741. The second kappa shape index (κ2) is 9.14. The second-order valence-corrected chi connectivity index (χ2v) is 11.0. The second-order valence-electron chi connectivity index (χ2n) is 11.0. The van der Waals surface area contributed by atoms with Gasteiger partial charge in [-0.15, -0.1) is 0 Å². The summed E-state index contributed by atoms with van der Waals surface area (Å²) >= 11 is 0. The van der Waals surface area contributed by atoms with Crippen molar-refractivity contribution < 1.29 is 33.3 Å². The van der Waals surface area contributed by atoms with Crippen molar-refractivity contribution in [3.05, 3.63) is 23.3 Å². The van der Waals surface area contributed by atoms with Crippen molar-refractivity contribution in [1.29, 1.82) is 0 Å². The Morgan fingerprint density at radius 2 is 2.03 bits per heavy atom. The largest absolute Gasteiger partial charge is 0.462 e. The molecule has 2 heterocycles. The van der Waals surface area contributed by atoms with Gasteiger partial charge in [0.2, 0.25) is 0 Å². The van der Waals surface area contributed by atoms with E-state index >= 15 is 0 Å². The van der Waals surface area contributed by atoms with Gasteiger partial charge in [0.15, 0.2) is 0 Å². The molecule has 2 aliphatic heterocycles. The molecule has 0 radical (unpaired) electrons. The Kier molecular flexibility index (Phi) is 6.71. The van der Waals surface area contributed by atoms with Crippen LogP contribution in [0.2, 0.25) is 0 Å². The van der Waals surface area contributed by atoms with E-state index in [9.17, 15) is 14.4 Å². The molecule has 0 N–H and O–H groups in total. The van der Waals surface area contributed by atoms with Gasteiger partial charge in [-0.3, -0.25) is 4.79 Å². The molecular weight excluding hydrogens is 436 g/mol. The minimum atomic E-state index is -0.599. The standard InChI is InChI=1S/C27H38O7/c1-6-17(2)24(30)32-16-27-21(8-7-10-26(27)15-33-26)25(5,11-9-20-13-23(29)31-14-20)18(3)12-22(27)34-19(4)28/h6,13,18,21-22H,7-12,14-16H2,1-5H3/b17-6+/t18-,21-,22+,25+,26?,27+/m1/s1. The zero-order valence-electron chi connectivity index (χ0n) is 21.1. The number of carbonyl (C=O) groups excluding carboxylic acids is 3. The molecule has 34 heavy (non-hydrogen) atoms. The van der Waals surface area contributed by atoms with Gasteiger partial charge in [-0.25, -0.2) is 9.59 Å². The van der Waals surface area contributed by atoms with Crippen molar-refractivity contribution in [1.82, 2.24) is 0 Å². The van der Waals surface area contributed by atoms with Gasteiger partial charge in [-0.1, -0.05) is 26.3 Å². The molecule has 1 saturated heterocycles. The number of carbonyl (C=O) groups is 3. The number of ether oxygens (including phenoxy) is 4. The number of allylic oxidation sites excluding steroid dienone is 1. The number of hydrogen-bond donors (Lipinski definition) is 0. The number of epoxide rings is 1. The van der Waals surface area contributed by atoms with Crippen molar-refractivity contribution in [3.8, 4) is 0 Å². The lowest BCUT2D eigenvalue weighted by molar-refractivity contribution is -0.228. The van der Waals surface area contributed by atoms with E-state index in [4.69, 9.17) is 18.9 Å². The van der Waals surface area contributed by atoms with Gasteiger partial charge in [0.25, 0.3) is 0 Å². The maximum atomic E-state index is 12.7. The van der Waals surface area contributed by atoms with Crippen molar-refractivity contribution >= 4 is 17.9 Å². The van der Waals surface area contributed by atoms with Crippen LogP contribution in [0.5, 0.6) is 0 Å². The highest BCUT2D eigenvalue weighted by Gasteiger charge is 2.74. The van der Waals surface area contributed by atoms with Gasteiger partial charge in [-0.05, 0) is 68.8 Å². The smallest absolute Gasteiger partial charge is 0.333 e. The molecule has 0 aromatic carbocycles. The fourth-order valence-corrected chi connectivity index (χ4v) is 6.98. The molecule has 2 aliphatic carbocycles. The highest BCUT2D eigenvalue weighted by atomic mass is 16.6. The molecule has 4 aliphatic rings. The number of rotatable bonds is 7. The van der Waals surface area contributed by atoms with Crippen LogP contribution in [0, 0.1) is 22.7 Å². The Hall–Kier alpha value is -2.15. The molecular formula is C27H38O7. The fourth-order valence-electron chi connectivity index (χ4n) is 6.98. The lowest BCUT2D eigenvalue weighted by atomic mass is 9.43. The average molecular weight is 475 g/mol.